The second-order valence-corrected chi connectivity index (χ2v) is 6.86. The molecule has 0 aliphatic heterocycles. The number of aromatic nitrogens is 1. The highest BCUT2D eigenvalue weighted by Crippen LogP contribution is 2.19. The molecule has 2 rings (SSSR count). The number of carbonyl (C=O) groups is 1. The third-order valence-electron chi connectivity index (χ3n) is 3.52. The second-order valence-electron chi connectivity index (χ2n) is 4.98. The van der Waals surface area contributed by atoms with Gasteiger partial charge in [0.05, 0.1) is 4.91 Å². The molecule has 1 unspecified atom stereocenters. The largest absolute Gasteiger partial charge is 0.480 e. The van der Waals surface area contributed by atoms with Crippen molar-refractivity contribution in [2.24, 2.45) is 0 Å². The van der Waals surface area contributed by atoms with Crippen molar-refractivity contribution in [3.05, 3.63) is 47.0 Å². The van der Waals surface area contributed by atoms with Crippen LogP contribution in [0.1, 0.15) is 19.4 Å². The number of hydrogen-bond acceptors (Lipinski definition) is 3. The van der Waals surface area contributed by atoms with Crippen molar-refractivity contribution < 1.29 is 18.3 Å². The van der Waals surface area contributed by atoms with Crippen LogP contribution < -0.4 is 4.72 Å². The second kappa shape index (κ2) is 6.33. The normalized spacial score (nSPS) is 14.2. The summed E-state index contributed by atoms with van der Waals surface area (Å²) < 4.78 is 26.3. The summed E-state index contributed by atoms with van der Waals surface area (Å²) in [5.74, 6) is -1.21. The fourth-order valence-corrected chi connectivity index (χ4v) is 3.19. The summed E-state index contributed by atoms with van der Waals surface area (Å²) in [6.07, 6.45) is 3.19. The molecule has 0 saturated carbocycles. The van der Waals surface area contributed by atoms with Crippen molar-refractivity contribution in [1.82, 2.24) is 9.71 Å². The van der Waals surface area contributed by atoms with Gasteiger partial charge in [0, 0.05) is 23.5 Å². The van der Waals surface area contributed by atoms with Crippen LogP contribution in [-0.2, 0) is 21.2 Å². The number of para-hydroxylation sites is 1. The van der Waals surface area contributed by atoms with Gasteiger partial charge < -0.3 is 10.1 Å². The molecule has 7 heteroatoms. The summed E-state index contributed by atoms with van der Waals surface area (Å²) in [5, 5.41) is 10.2. The first-order chi connectivity index (χ1) is 10.3. The van der Waals surface area contributed by atoms with E-state index in [0.717, 1.165) is 16.5 Å². The molecule has 2 aromatic rings. The van der Waals surface area contributed by atoms with Gasteiger partial charge in [-0.1, -0.05) is 24.3 Å². The van der Waals surface area contributed by atoms with Gasteiger partial charge in [0.15, 0.2) is 0 Å². The number of sulfonamides is 1. The van der Waals surface area contributed by atoms with Gasteiger partial charge in [0.25, 0.3) is 0 Å². The SMILES string of the molecule is CC=C(C)S(=O)(=O)NC(Cc1c[nH]c2ccccc12)C(=O)O. The maximum atomic E-state index is 12.0. The number of benzene rings is 1. The van der Waals surface area contributed by atoms with Crippen LogP contribution in [0.3, 0.4) is 0 Å². The van der Waals surface area contributed by atoms with Crippen molar-refractivity contribution in [2.75, 3.05) is 0 Å². The minimum Gasteiger partial charge on any atom is -0.480 e. The van der Waals surface area contributed by atoms with Gasteiger partial charge in [-0.05, 0) is 25.5 Å². The summed E-state index contributed by atoms with van der Waals surface area (Å²) in [5.41, 5.74) is 1.64. The first-order valence-electron chi connectivity index (χ1n) is 6.78. The maximum absolute atomic E-state index is 12.0. The van der Waals surface area contributed by atoms with Gasteiger partial charge in [-0.3, -0.25) is 4.79 Å². The van der Waals surface area contributed by atoms with E-state index >= 15 is 0 Å². The molecule has 118 valence electrons. The molecule has 1 heterocycles. The number of H-pyrrole nitrogens is 1. The highest BCUT2D eigenvalue weighted by Gasteiger charge is 2.26. The number of carboxylic acids is 1. The van der Waals surface area contributed by atoms with E-state index in [9.17, 15) is 18.3 Å². The molecule has 0 amide bonds. The minimum atomic E-state index is -3.79. The number of aromatic amines is 1. The van der Waals surface area contributed by atoms with Crippen LogP contribution in [-0.4, -0.2) is 30.5 Å². The smallest absolute Gasteiger partial charge is 0.322 e. The highest BCUT2D eigenvalue weighted by atomic mass is 32.2. The van der Waals surface area contributed by atoms with Gasteiger partial charge in [-0.15, -0.1) is 0 Å². The number of fused-ring (bicyclic) bond motifs is 1. The zero-order valence-corrected chi connectivity index (χ0v) is 13.1. The Hall–Kier alpha value is -2.12. The van der Waals surface area contributed by atoms with E-state index in [4.69, 9.17) is 0 Å². The molecule has 0 bridgehead atoms. The van der Waals surface area contributed by atoms with Crippen molar-refractivity contribution in [1.29, 1.82) is 0 Å². The molecule has 0 aliphatic carbocycles. The van der Waals surface area contributed by atoms with Gasteiger partial charge in [-0.25, -0.2) is 8.42 Å². The van der Waals surface area contributed by atoms with Crippen LogP contribution >= 0.6 is 0 Å². The van der Waals surface area contributed by atoms with Gasteiger partial charge in [0.1, 0.15) is 6.04 Å². The molecule has 0 aliphatic rings. The van der Waals surface area contributed by atoms with Crippen LogP contribution in [0.25, 0.3) is 10.9 Å². The highest BCUT2D eigenvalue weighted by molar-refractivity contribution is 7.93. The lowest BCUT2D eigenvalue weighted by Crippen LogP contribution is -2.42. The topological polar surface area (TPSA) is 99.3 Å². The molecule has 0 spiro atoms. The van der Waals surface area contributed by atoms with Gasteiger partial charge in [-0.2, -0.15) is 4.72 Å². The Morgan fingerprint density at radius 3 is 2.73 bits per heavy atom. The van der Waals surface area contributed by atoms with E-state index in [1.165, 1.54) is 13.0 Å². The molecular weight excluding hydrogens is 304 g/mol. The Morgan fingerprint density at radius 1 is 1.41 bits per heavy atom. The number of carboxylic acid groups (broad SMARTS) is 1. The summed E-state index contributed by atoms with van der Waals surface area (Å²) in [6, 6.07) is 6.24. The lowest BCUT2D eigenvalue weighted by atomic mass is 10.1. The Morgan fingerprint density at radius 2 is 2.09 bits per heavy atom. The van der Waals surface area contributed by atoms with E-state index in [1.807, 2.05) is 24.3 Å². The van der Waals surface area contributed by atoms with Crippen LogP contribution in [0.5, 0.6) is 0 Å². The van der Waals surface area contributed by atoms with Gasteiger partial charge >= 0.3 is 5.97 Å². The summed E-state index contributed by atoms with van der Waals surface area (Å²) in [7, 11) is -3.79. The molecule has 1 atom stereocenters. The quantitative estimate of drug-likeness (QED) is 0.757. The minimum absolute atomic E-state index is 0.0651. The monoisotopic (exact) mass is 322 g/mol. The third kappa shape index (κ3) is 3.37. The van der Waals surface area contributed by atoms with Crippen LogP contribution in [0, 0.1) is 0 Å². The third-order valence-corrected chi connectivity index (χ3v) is 5.20. The Labute approximate surface area is 128 Å². The number of rotatable bonds is 6. The van der Waals surface area contributed by atoms with E-state index in [1.54, 1.807) is 13.1 Å². The van der Waals surface area contributed by atoms with Crippen molar-refractivity contribution in [3.63, 3.8) is 0 Å². The zero-order chi connectivity index (χ0) is 16.3. The fraction of sp³-hybridized carbons (Fsp3) is 0.267. The molecule has 1 aromatic heterocycles. The van der Waals surface area contributed by atoms with Crippen molar-refractivity contribution >= 4 is 26.9 Å². The predicted octanol–water partition coefficient (Wildman–Crippen LogP) is 2.01. The average Bonchev–Trinajstić information content (AvgIpc) is 2.88. The maximum Gasteiger partial charge on any atom is 0.322 e. The van der Waals surface area contributed by atoms with Crippen LogP contribution in [0.2, 0.25) is 0 Å². The van der Waals surface area contributed by atoms with E-state index in [2.05, 4.69) is 9.71 Å². The zero-order valence-electron chi connectivity index (χ0n) is 12.3. The van der Waals surface area contributed by atoms with E-state index < -0.39 is 22.0 Å². The molecule has 0 radical (unpaired) electrons. The molecule has 0 saturated heterocycles. The summed E-state index contributed by atoms with van der Waals surface area (Å²) in [4.78, 5) is 14.5. The van der Waals surface area contributed by atoms with Gasteiger partial charge in [0.2, 0.25) is 10.0 Å². The molecule has 1 aromatic carbocycles. The van der Waals surface area contributed by atoms with Crippen LogP contribution in [0.4, 0.5) is 0 Å². The molecule has 3 N–H and O–H groups in total. The lowest BCUT2D eigenvalue weighted by Gasteiger charge is -2.14. The number of nitrogens with one attached hydrogen (secondary N) is 2. The molecular formula is C15H18N2O4S. The standard InChI is InChI=1S/C15H18N2O4S/c1-3-10(2)22(20,21)17-14(15(18)19)8-11-9-16-13-7-5-4-6-12(11)13/h3-7,9,14,16-17H,8H2,1-2H3,(H,18,19). The van der Waals surface area contributed by atoms with E-state index in [0.29, 0.717) is 0 Å². The number of aliphatic carboxylic acids is 1. The van der Waals surface area contributed by atoms with Crippen molar-refractivity contribution in [2.45, 2.75) is 26.3 Å². The van der Waals surface area contributed by atoms with Crippen LogP contribution in [0.15, 0.2) is 41.4 Å². The van der Waals surface area contributed by atoms with Crippen molar-refractivity contribution in [3.8, 4) is 0 Å². The first kappa shape index (κ1) is 16.3. The molecule has 6 nitrogen and oxygen atoms in total. The Balaban J connectivity index is 2.29. The average molecular weight is 322 g/mol. The lowest BCUT2D eigenvalue weighted by molar-refractivity contribution is -0.138. The molecule has 22 heavy (non-hydrogen) atoms. The number of hydrogen-bond donors (Lipinski definition) is 3. The Kier molecular flexibility index (Phi) is 4.68. The number of allylic oxidation sites excluding steroid dienone is 2. The first-order valence-corrected chi connectivity index (χ1v) is 8.26. The molecule has 0 fully saturated rings. The predicted molar refractivity (Wildman–Crippen MR) is 84.9 cm³/mol. The summed E-state index contributed by atoms with van der Waals surface area (Å²) >= 11 is 0. The van der Waals surface area contributed by atoms with E-state index in [-0.39, 0.29) is 11.3 Å². The Bertz CT molecular complexity index is 821. The fourth-order valence-electron chi connectivity index (χ4n) is 2.14. The summed E-state index contributed by atoms with van der Waals surface area (Å²) in [6.45, 7) is 3.01.